The predicted molar refractivity (Wildman–Crippen MR) is 92.2 cm³/mol. The molecule has 1 atom stereocenters. The second-order valence-corrected chi connectivity index (χ2v) is 7.21. The lowest BCUT2D eigenvalue weighted by atomic mass is 10.0. The zero-order chi connectivity index (χ0) is 16.2. The van der Waals surface area contributed by atoms with Crippen LogP contribution in [-0.2, 0) is 10.5 Å². The average Bonchev–Trinajstić information content (AvgIpc) is 3.29. The van der Waals surface area contributed by atoms with Crippen LogP contribution in [0.25, 0.3) is 0 Å². The van der Waals surface area contributed by atoms with Gasteiger partial charge < -0.3 is 9.84 Å². The van der Waals surface area contributed by atoms with Gasteiger partial charge in [-0.05, 0) is 38.2 Å². The van der Waals surface area contributed by atoms with Crippen LogP contribution in [0, 0.1) is 19.8 Å². The Morgan fingerprint density at radius 2 is 2.09 bits per heavy atom. The van der Waals surface area contributed by atoms with Crippen LogP contribution < -0.4 is 5.32 Å². The van der Waals surface area contributed by atoms with Crippen molar-refractivity contribution in [3.8, 4) is 0 Å². The molecule has 0 aliphatic heterocycles. The quantitative estimate of drug-likeness (QED) is 0.839. The number of thioether (sulfide) groups is 1. The zero-order valence-corrected chi connectivity index (χ0v) is 14.4. The van der Waals surface area contributed by atoms with Crippen molar-refractivity contribution in [3.05, 3.63) is 52.9 Å². The third-order valence-corrected chi connectivity index (χ3v) is 4.96. The van der Waals surface area contributed by atoms with Gasteiger partial charge in [0.2, 0.25) is 5.91 Å². The fraction of sp³-hybridized carbons (Fsp3) is 0.444. The van der Waals surface area contributed by atoms with Gasteiger partial charge in [0.25, 0.3) is 0 Å². The Labute approximate surface area is 141 Å². The maximum atomic E-state index is 12.2. The van der Waals surface area contributed by atoms with Gasteiger partial charge in [0, 0.05) is 6.07 Å². The first-order valence-electron chi connectivity index (χ1n) is 7.97. The van der Waals surface area contributed by atoms with Crippen LogP contribution in [0.4, 0.5) is 0 Å². The molecular weight excluding hydrogens is 308 g/mol. The number of aromatic nitrogens is 1. The Kier molecular flexibility index (Phi) is 5.06. The highest BCUT2D eigenvalue weighted by molar-refractivity contribution is 7.99. The number of hydrogen-bond donors (Lipinski definition) is 1. The van der Waals surface area contributed by atoms with Crippen molar-refractivity contribution < 1.29 is 9.32 Å². The fourth-order valence-corrected chi connectivity index (χ4v) is 3.33. The largest absolute Gasteiger partial charge is 0.360 e. The second kappa shape index (κ2) is 7.21. The minimum absolute atomic E-state index is 0.0868. The van der Waals surface area contributed by atoms with Gasteiger partial charge in [-0.3, -0.25) is 4.79 Å². The Balaban J connectivity index is 1.51. The molecule has 1 aliphatic rings. The highest BCUT2D eigenvalue weighted by atomic mass is 32.2. The Hall–Kier alpha value is -1.75. The van der Waals surface area contributed by atoms with Crippen LogP contribution in [0.1, 0.15) is 41.5 Å². The Morgan fingerprint density at radius 1 is 1.35 bits per heavy atom. The van der Waals surface area contributed by atoms with Crippen LogP contribution in [0.2, 0.25) is 0 Å². The van der Waals surface area contributed by atoms with Crippen LogP contribution in [0.5, 0.6) is 0 Å². The first kappa shape index (κ1) is 16.1. The molecule has 1 saturated carbocycles. The Morgan fingerprint density at radius 3 is 2.70 bits per heavy atom. The third-order valence-electron chi connectivity index (χ3n) is 4.00. The van der Waals surface area contributed by atoms with Crippen molar-refractivity contribution in [2.24, 2.45) is 5.92 Å². The summed E-state index contributed by atoms with van der Waals surface area (Å²) in [6.07, 6.45) is 2.40. The molecule has 0 bridgehead atoms. The molecule has 1 N–H and O–H groups in total. The normalized spacial score (nSPS) is 15.4. The van der Waals surface area contributed by atoms with Gasteiger partial charge in [-0.25, -0.2) is 0 Å². The van der Waals surface area contributed by atoms with E-state index >= 15 is 0 Å². The van der Waals surface area contributed by atoms with E-state index in [-0.39, 0.29) is 11.9 Å². The van der Waals surface area contributed by atoms with Gasteiger partial charge >= 0.3 is 0 Å². The number of amides is 1. The second-order valence-electron chi connectivity index (χ2n) is 6.22. The van der Waals surface area contributed by atoms with E-state index in [4.69, 9.17) is 4.52 Å². The van der Waals surface area contributed by atoms with Crippen molar-refractivity contribution in [2.45, 2.75) is 38.5 Å². The monoisotopic (exact) mass is 330 g/mol. The van der Waals surface area contributed by atoms with Gasteiger partial charge in [0.05, 0.1) is 23.2 Å². The van der Waals surface area contributed by atoms with E-state index in [1.54, 1.807) is 11.8 Å². The highest BCUT2D eigenvalue weighted by Gasteiger charge is 2.33. The first-order chi connectivity index (χ1) is 11.1. The molecule has 2 aromatic rings. The van der Waals surface area contributed by atoms with Crippen molar-refractivity contribution in [3.63, 3.8) is 0 Å². The van der Waals surface area contributed by atoms with Crippen LogP contribution in [-0.4, -0.2) is 16.8 Å². The molecule has 1 heterocycles. The van der Waals surface area contributed by atoms with E-state index in [0.717, 1.165) is 11.5 Å². The molecule has 122 valence electrons. The van der Waals surface area contributed by atoms with Crippen molar-refractivity contribution in [1.29, 1.82) is 0 Å². The molecule has 23 heavy (non-hydrogen) atoms. The number of hydrogen-bond acceptors (Lipinski definition) is 4. The SMILES string of the molecule is Cc1ccc([C@H](NC(=O)CSCc2cc(C)no2)C2CC2)cc1. The summed E-state index contributed by atoms with van der Waals surface area (Å²) in [6.45, 7) is 3.97. The number of aryl methyl sites for hydroxylation is 2. The average molecular weight is 330 g/mol. The van der Waals surface area contributed by atoms with E-state index in [1.807, 2.05) is 13.0 Å². The minimum atomic E-state index is 0.0868. The summed E-state index contributed by atoms with van der Waals surface area (Å²) in [5, 5.41) is 7.05. The van der Waals surface area contributed by atoms with Crippen molar-refractivity contribution in [1.82, 2.24) is 10.5 Å². The maximum Gasteiger partial charge on any atom is 0.230 e. The summed E-state index contributed by atoms with van der Waals surface area (Å²) in [5.41, 5.74) is 3.33. The molecular formula is C18H22N2O2S. The molecule has 3 rings (SSSR count). The molecule has 1 aromatic heterocycles. The summed E-state index contributed by atoms with van der Waals surface area (Å²) in [4.78, 5) is 12.2. The number of carbonyl (C=O) groups is 1. The topological polar surface area (TPSA) is 55.1 Å². The summed E-state index contributed by atoms with van der Waals surface area (Å²) >= 11 is 1.55. The molecule has 1 aromatic carbocycles. The summed E-state index contributed by atoms with van der Waals surface area (Å²) in [7, 11) is 0. The molecule has 1 amide bonds. The van der Waals surface area contributed by atoms with Crippen LogP contribution in [0.3, 0.4) is 0 Å². The smallest absolute Gasteiger partial charge is 0.230 e. The van der Waals surface area contributed by atoms with Crippen LogP contribution in [0.15, 0.2) is 34.9 Å². The van der Waals surface area contributed by atoms with E-state index in [0.29, 0.717) is 17.4 Å². The number of benzene rings is 1. The number of carbonyl (C=O) groups excluding carboxylic acids is 1. The van der Waals surface area contributed by atoms with Crippen molar-refractivity contribution >= 4 is 17.7 Å². The lowest BCUT2D eigenvalue weighted by Crippen LogP contribution is -2.31. The number of rotatable bonds is 7. The van der Waals surface area contributed by atoms with E-state index in [2.05, 4.69) is 41.7 Å². The number of nitrogens with zero attached hydrogens (tertiary/aromatic N) is 1. The Bertz CT molecular complexity index is 662. The fourth-order valence-electron chi connectivity index (χ4n) is 2.62. The van der Waals surface area contributed by atoms with Crippen LogP contribution >= 0.6 is 11.8 Å². The molecule has 0 saturated heterocycles. The molecule has 1 aliphatic carbocycles. The highest BCUT2D eigenvalue weighted by Crippen LogP contribution is 2.41. The molecule has 0 unspecified atom stereocenters. The summed E-state index contributed by atoms with van der Waals surface area (Å²) in [6, 6.07) is 10.5. The van der Waals surface area contributed by atoms with Gasteiger partial charge in [0.15, 0.2) is 0 Å². The zero-order valence-electron chi connectivity index (χ0n) is 13.5. The van der Waals surface area contributed by atoms with Gasteiger partial charge in [-0.1, -0.05) is 35.0 Å². The first-order valence-corrected chi connectivity index (χ1v) is 9.13. The molecule has 0 radical (unpaired) electrons. The number of nitrogens with one attached hydrogen (secondary N) is 1. The van der Waals surface area contributed by atoms with E-state index in [9.17, 15) is 4.79 Å². The lowest BCUT2D eigenvalue weighted by Gasteiger charge is -2.19. The standard InChI is InChI=1S/C18H22N2O2S/c1-12-3-5-14(6-4-12)18(15-7-8-15)19-17(21)11-23-10-16-9-13(2)20-22-16/h3-6,9,15,18H,7-8,10-11H2,1-2H3,(H,19,21)/t18-/m0/s1. The van der Waals surface area contributed by atoms with E-state index in [1.165, 1.54) is 24.0 Å². The molecule has 4 nitrogen and oxygen atoms in total. The third kappa shape index (κ3) is 4.61. The molecule has 0 spiro atoms. The van der Waals surface area contributed by atoms with E-state index < -0.39 is 0 Å². The van der Waals surface area contributed by atoms with Crippen molar-refractivity contribution in [2.75, 3.05) is 5.75 Å². The summed E-state index contributed by atoms with van der Waals surface area (Å²) in [5.74, 6) is 2.60. The molecule has 1 fully saturated rings. The van der Waals surface area contributed by atoms with Gasteiger partial charge in [0.1, 0.15) is 5.76 Å². The summed E-state index contributed by atoms with van der Waals surface area (Å²) < 4.78 is 5.15. The molecule has 5 heteroatoms. The van der Waals surface area contributed by atoms with Gasteiger partial charge in [-0.15, -0.1) is 11.8 Å². The van der Waals surface area contributed by atoms with Gasteiger partial charge in [-0.2, -0.15) is 0 Å². The minimum Gasteiger partial charge on any atom is -0.360 e. The predicted octanol–water partition coefficient (Wildman–Crippen LogP) is 3.79. The lowest BCUT2D eigenvalue weighted by molar-refractivity contribution is -0.119. The maximum absolute atomic E-state index is 12.2.